The molecule has 2 N–H and O–H groups in total. The zero-order valence-electron chi connectivity index (χ0n) is 16.0. The van der Waals surface area contributed by atoms with E-state index in [4.69, 9.17) is 14.2 Å². The standard InChI is InChI=1S/C20H30N2O4/c1-24-11-10-21(15-19(23)16-25-2)14-18-7-5-9-22(18)13-17-6-4-8-20(12-17)26-3/h4-9,12,19,23H,10-11,13-16H2,1-3H3/p+1/t19-/m1/s1. The third-order valence-electron chi connectivity index (χ3n) is 4.38. The maximum atomic E-state index is 10.1. The molecular formula is C20H31N2O4+. The van der Waals surface area contributed by atoms with Gasteiger partial charge in [0.15, 0.2) is 0 Å². The van der Waals surface area contributed by atoms with Crippen LogP contribution in [0.1, 0.15) is 11.3 Å². The van der Waals surface area contributed by atoms with Gasteiger partial charge in [-0.25, -0.2) is 0 Å². The van der Waals surface area contributed by atoms with Gasteiger partial charge in [-0.1, -0.05) is 12.1 Å². The third kappa shape index (κ3) is 6.46. The number of hydrogen-bond donors (Lipinski definition) is 2. The molecule has 0 aliphatic carbocycles. The number of aromatic nitrogens is 1. The van der Waals surface area contributed by atoms with Crippen LogP contribution >= 0.6 is 0 Å². The van der Waals surface area contributed by atoms with E-state index in [9.17, 15) is 5.11 Å². The number of ether oxygens (including phenoxy) is 3. The van der Waals surface area contributed by atoms with E-state index in [-0.39, 0.29) is 0 Å². The molecule has 0 fully saturated rings. The third-order valence-corrected chi connectivity index (χ3v) is 4.38. The molecule has 6 nitrogen and oxygen atoms in total. The highest BCUT2D eigenvalue weighted by atomic mass is 16.5. The van der Waals surface area contributed by atoms with E-state index in [0.717, 1.165) is 25.4 Å². The summed E-state index contributed by atoms with van der Waals surface area (Å²) in [4.78, 5) is 1.27. The largest absolute Gasteiger partial charge is 0.497 e. The van der Waals surface area contributed by atoms with Crippen molar-refractivity contribution in [2.45, 2.75) is 19.2 Å². The summed E-state index contributed by atoms with van der Waals surface area (Å²) in [6.07, 6.45) is 1.61. The van der Waals surface area contributed by atoms with Gasteiger partial charge in [0.05, 0.1) is 26.0 Å². The highest BCUT2D eigenvalue weighted by Gasteiger charge is 2.17. The van der Waals surface area contributed by atoms with E-state index < -0.39 is 6.10 Å². The molecule has 1 aromatic heterocycles. The Morgan fingerprint density at radius 2 is 1.96 bits per heavy atom. The van der Waals surface area contributed by atoms with Gasteiger partial charge in [-0.05, 0) is 29.8 Å². The number of rotatable bonds is 12. The lowest BCUT2D eigenvalue weighted by Gasteiger charge is -2.22. The molecule has 0 radical (unpaired) electrons. The molecule has 0 aliphatic rings. The molecule has 144 valence electrons. The molecule has 2 atom stereocenters. The number of quaternary nitrogens is 1. The molecule has 2 aromatic rings. The molecule has 0 bridgehead atoms. The highest BCUT2D eigenvalue weighted by molar-refractivity contribution is 5.29. The van der Waals surface area contributed by atoms with Crippen molar-refractivity contribution in [3.8, 4) is 5.75 Å². The number of methoxy groups -OCH3 is 3. The van der Waals surface area contributed by atoms with E-state index in [0.29, 0.717) is 19.8 Å². The van der Waals surface area contributed by atoms with Crippen LogP contribution < -0.4 is 9.64 Å². The van der Waals surface area contributed by atoms with Crippen LogP contribution in [0.3, 0.4) is 0 Å². The molecule has 6 heteroatoms. The molecule has 0 saturated heterocycles. The first-order valence-corrected chi connectivity index (χ1v) is 8.92. The molecule has 1 aromatic carbocycles. The van der Waals surface area contributed by atoms with Gasteiger partial charge < -0.3 is 28.8 Å². The molecule has 0 amide bonds. The van der Waals surface area contributed by atoms with E-state index in [2.05, 4.69) is 35.0 Å². The van der Waals surface area contributed by atoms with Gasteiger partial charge in [0.2, 0.25) is 0 Å². The topological polar surface area (TPSA) is 57.3 Å². The average molecular weight is 363 g/mol. The predicted molar refractivity (Wildman–Crippen MR) is 101 cm³/mol. The summed E-state index contributed by atoms with van der Waals surface area (Å²) in [5, 5.41) is 10.1. The van der Waals surface area contributed by atoms with Crippen LogP contribution in [0.2, 0.25) is 0 Å². The zero-order chi connectivity index (χ0) is 18.8. The smallest absolute Gasteiger partial charge is 0.126 e. The number of aliphatic hydroxyl groups is 1. The summed E-state index contributed by atoms with van der Waals surface area (Å²) in [6.45, 7) is 4.08. The molecule has 0 saturated carbocycles. The summed E-state index contributed by atoms with van der Waals surface area (Å²) in [5.74, 6) is 0.867. The highest BCUT2D eigenvalue weighted by Crippen LogP contribution is 2.14. The molecule has 2 rings (SSSR count). The minimum Gasteiger partial charge on any atom is -0.497 e. The second-order valence-corrected chi connectivity index (χ2v) is 6.46. The fourth-order valence-electron chi connectivity index (χ4n) is 3.08. The van der Waals surface area contributed by atoms with E-state index in [1.54, 1.807) is 21.3 Å². The van der Waals surface area contributed by atoms with Gasteiger partial charge in [0, 0.05) is 27.0 Å². The maximum Gasteiger partial charge on any atom is 0.126 e. The minimum absolute atomic E-state index is 0.349. The van der Waals surface area contributed by atoms with Crippen molar-refractivity contribution in [1.29, 1.82) is 0 Å². The van der Waals surface area contributed by atoms with Crippen molar-refractivity contribution in [3.63, 3.8) is 0 Å². The summed E-state index contributed by atoms with van der Waals surface area (Å²) in [6, 6.07) is 12.3. The van der Waals surface area contributed by atoms with Crippen LogP contribution in [0.15, 0.2) is 42.6 Å². The number of hydrogen-bond acceptors (Lipinski definition) is 4. The Balaban J connectivity index is 2.05. The molecule has 1 heterocycles. The summed E-state index contributed by atoms with van der Waals surface area (Å²) < 4.78 is 17.8. The lowest BCUT2D eigenvalue weighted by atomic mass is 10.2. The van der Waals surface area contributed by atoms with Gasteiger partial charge in [-0.2, -0.15) is 0 Å². The van der Waals surface area contributed by atoms with Gasteiger partial charge in [-0.3, -0.25) is 0 Å². The second kappa shape index (κ2) is 11.0. The first kappa shape index (κ1) is 20.5. The van der Waals surface area contributed by atoms with Crippen molar-refractivity contribution >= 4 is 0 Å². The van der Waals surface area contributed by atoms with Crippen molar-refractivity contribution in [2.75, 3.05) is 47.6 Å². The van der Waals surface area contributed by atoms with Gasteiger partial charge in [-0.15, -0.1) is 0 Å². The number of nitrogens with one attached hydrogen (secondary N) is 1. The monoisotopic (exact) mass is 363 g/mol. The molecule has 0 spiro atoms. The Morgan fingerprint density at radius 1 is 1.12 bits per heavy atom. The Kier molecular flexibility index (Phi) is 8.64. The number of nitrogens with zero attached hydrogens (tertiary/aromatic N) is 1. The zero-order valence-corrected chi connectivity index (χ0v) is 16.0. The van der Waals surface area contributed by atoms with Gasteiger partial charge in [0.1, 0.15) is 31.5 Å². The van der Waals surface area contributed by atoms with Crippen molar-refractivity contribution in [3.05, 3.63) is 53.9 Å². The Labute approximate surface area is 155 Å². The summed E-state index contributed by atoms with van der Waals surface area (Å²) >= 11 is 0. The fraction of sp³-hybridized carbons (Fsp3) is 0.500. The van der Waals surface area contributed by atoms with Crippen LogP contribution in [0.25, 0.3) is 0 Å². The van der Waals surface area contributed by atoms with Gasteiger partial charge in [0.25, 0.3) is 0 Å². The Bertz CT molecular complexity index is 644. The quantitative estimate of drug-likeness (QED) is 0.579. The van der Waals surface area contributed by atoms with Crippen LogP contribution in [0.5, 0.6) is 5.75 Å². The first-order valence-electron chi connectivity index (χ1n) is 8.92. The van der Waals surface area contributed by atoms with Crippen LogP contribution in [0, 0.1) is 0 Å². The predicted octanol–water partition coefficient (Wildman–Crippen LogP) is 0.584. The fourth-order valence-corrected chi connectivity index (χ4v) is 3.08. The lowest BCUT2D eigenvalue weighted by molar-refractivity contribution is -0.917. The van der Waals surface area contributed by atoms with Crippen molar-refractivity contribution in [2.24, 2.45) is 0 Å². The molecule has 0 aliphatic heterocycles. The molecular weight excluding hydrogens is 332 g/mol. The Morgan fingerprint density at radius 3 is 2.69 bits per heavy atom. The molecule has 1 unspecified atom stereocenters. The maximum absolute atomic E-state index is 10.1. The van der Waals surface area contributed by atoms with Crippen LogP contribution in [-0.2, 0) is 22.6 Å². The molecule has 26 heavy (non-hydrogen) atoms. The summed E-state index contributed by atoms with van der Waals surface area (Å²) in [5.41, 5.74) is 2.42. The van der Waals surface area contributed by atoms with Crippen molar-refractivity contribution in [1.82, 2.24) is 4.57 Å². The van der Waals surface area contributed by atoms with Crippen molar-refractivity contribution < 1.29 is 24.2 Å². The van der Waals surface area contributed by atoms with E-state index in [1.165, 1.54) is 16.2 Å². The van der Waals surface area contributed by atoms with E-state index >= 15 is 0 Å². The Hall–Kier alpha value is -1.86. The van der Waals surface area contributed by atoms with Crippen LogP contribution in [-0.4, -0.2) is 63.4 Å². The first-order chi connectivity index (χ1) is 12.7. The van der Waals surface area contributed by atoms with Gasteiger partial charge >= 0.3 is 0 Å². The average Bonchev–Trinajstić information content (AvgIpc) is 3.06. The number of aliphatic hydroxyl groups excluding tert-OH is 1. The second-order valence-electron chi connectivity index (χ2n) is 6.46. The number of benzene rings is 1. The van der Waals surface area contributed by atoms with Crippen LogP contribution in [0.4, 0.5) is 0 Å². The SMILES string of the molecule is COCC[NH+](Cc1cccn1Cc1cccc(OC)c1)C[C@@H](O)COC. The summed E-state index contributed by atoms with van der Waals surface area (Å²) in [7, 11) is 4.99. The van der Waals surface area contributed by atoms with E-state index in [1.807, 2.05) is 12.1 Å². The lowest BCUT2D eigenvalue weighted by Crippen LogP contribution is -3.12. The minimum atomic E-state index is -0.478. The normalized spacial score (nSPS) is 13.5.